The lowest BCUT2D eigenvalue weighted by atomic mass is 9.85. The van der Waals surface area contributed by atoms with Crippen molar-refractivity contribution in [2.45, 2.75) is 152 Å². The first kappa shape index (κ1) is 53.0. The second-order valence-electron chi connectivity index (χ2n) is 19.4. The normalized spacial score (nSPS) is 14.2. The van der Waals surface area contributed by atoms with Gasteiger partial charge in [-0.2, -0.15) is 4.31 Å². The molecule has 3 rings (SSSR count). The number of ether oxygens (including phenoxy) is 1. The molecule has 0 radical (unpaired) electrons. The fourth-order valence-electron chi connectivity index (χ4n) is 6.50. The molecule has 0 aliphatic carbocycles. The van der Waals surface area contributed by atoms with E-state index >= 15 is 8.78 Å². The molecule has 15 heteroatoms. The highest BCUT2D eigenvalue weighted by atomic mass is 32.2. The zero-order valence-corrected chi connectivity index (χ0v) is 42.0. The summed E-state index contributed by atoms with van der Waals surface area (Å²) in [5.41, 5.74) is 8.76. The Balaban J connectivity index is 1.99. The number of alkyl halides is 2. The Bertz CT molecular complexity index is 1940. The third-order valence-corrected chi connectivity index (χ3v) is 23.6. The lowest BCUT2D eigenvalue weighted by molar-refractivity contribution is -0.136. The first-order chi connectivity index (χ1) is 28.7. The SMILES string of the molecule is CCCCCN([C@@H](CCC(F)(F)CN(C(=O)OC)C(=O)[C@@H](N)C(c1ccccc1)c1ccccc1)CO[Si](C)(C)C(C)(C)C)S(=O)(=O)c1ccc(CO[Si](C)(C)C(C)(C)C)cc1. The number of imide groups is 1. The van der Waals surface area contributed by atoms with Crippen LogP contribution in [0.4, 0.5) is 13.6 Å². The minimum atomic E-state index is -4.23. The Morgan fingerprint density at radius 1 is 0.774 bits per heavy atom. The molecule has 0 aromatic heterocycles. The number of hydrogen-bond donors (Lipinski definition) is 1. The molecule has 0 unspecified atom stereocenters. The number of nitrogens with zero attached hydrogens (tertiary/aromatic N) is 2. The van der Waals surface area contributed by atoms with Gasteiger partial charge in [0.25, 0.3) is 5.92 Å². The van der Waals surface area contributed by atoms with Crippen molar-refractivity contribution in [1.82, 2.24) is 9.21 Å². The number of hydrogen-bond acceptors (Lipinski definition) is 8. The number of carbonyl (C=O) groups is 2. The quantitative estimate of drug-likeness (QED) is 0.0779. The molecule has 0 aliphatic rings. The summed E-state index contributed by atoms with van der Waals surface area (Å²) in [5, 5.41) is -0.242. The summed E-state index contributed by atoms with van der Waals surface area (Å²) in [6.45, 7) is 22.0. The van der Waals surface area contributed by atoms with E-state index in [0.717, 1.165) is 25.5 Å². The van der Waals surface area contributed by atoms with Crippen LogP contribution in [0.5, 0.6) is 0 Å². The summed E-state index contributed by atoms with van der Waals surface area (Å²) in [4.78, 5) is 27.7. The Hall–Kier alpha value is -3.32. The number of carbonyl (C=O) groups excluding carboxylic acids is 2. The molecule has 3 aromatic rings. The molecular formula is C47H73F2N3O7SSi2. The fraction of sp³-hybridized carbons (Fsp3) is 0.574. The minimum Gasteiger partial charge on any atom is -0.452 e. The van der Waals surface area contributed by atoms with Gasteiger partial charge in [0, 0.05) is 24.9 Å². The summed E-state index contributed by atoms with van der Waals surface area (Å²) in [5.74, 6) is -5.46. The number of nitrogens with two attached hydrogens (primary N) is 1. The standard InChI is InChI=1S/C47H73F2N3O7SSi2/c1-13-14-21-32-52(60(55,56)40-28-26-36(27-29-40)33-58-61(9,10)45(2,3)4)39(34-59-62(11,12)46(5,6)7)30-31-47(48,49)35-51(44(54)57-8)43(53)42(50)41(37-22-17-15-18-23-37)38-24-19-16-20-25-38/h15-20,22-29,39,41-42H,13-14,21,30-35,50H2,1-12H3/t39-,42-/m0/s1. The van der Waals surface area contributed by atoms with Gasteiger partial charge in [0.1, 0.15) is 0 Å². The molecule has 346 valence electrons. The molecule has 2 N–H and O–H groups in total. The van der Waals surface area contributed by atoms with Gasteiger partial charge in [-0.1, -0.05) is 134 Å². The van der Waals surface area contributed by atoms with Gasteiger partial charge >= 0.3 is 6.09 Å². The van der Waals surface area contributed by atoms with Gasteiger partial charge in [-0.25, -0.2) is 26.9 Å². The van der Waals surface area contributed by atoms with Crippen LogP contribution >= 0.6 is 0 Å². The van der Waals surface area contributed by atoms with Crippen LogP contribution in [-0.2, 0) is 35.0 Å². The summed E-state index contributed by atoms with van der Waals surface area (Å²) < 4.78 is 81.5. The first-order valence-corrected chi connectivity index (χ1v) is 29.0. The molecule has 10 nitrogen and oxygen atoms in total. The fourth-order valence-corrected chi connectivity index (χ4v) is 10.2. The van der Waals surface area contributed by atoms with Crippen LogP contribution in [0.3, 0.4) is 0 Å². The lowest BCUT2D eigenvalue weighted by Gasteiger charge is -2.39. The molecule has 0 saturated carbocycles. The number of benzene rings is 3. The molecule has 0 heterocycles. The number of amides is 2. The summed E-state index contributed by atoms with van der Waals surface area (Å²) in [7, 11) is -7.78. The number of methoxy groups -OCH3 is 1. The van der Waals surface area contributed by atoms with Crippen molar-refractivity contribution in [3.05, 3.63) is 102 Å². The van der Waals surface area contributed by atoms with E-state index in [1.165, 1.54) is 4.31 Å². The Morgan fingerprint density at radius 3 is 1.74 bits per heavy atom. The lowest BCUT2D eigenvalue weighted by Crippen LogP contribution is -2.53. The average molecular weight is 918 g/mol. The van der Waals surface area contributed by atoms with Gasteiger partial charge < -0.3 is 19.3 Å². The average Bonchev–Trinajstić information content (AvgIpc) is 3.20. The molecule has 0 aliphatic heterocycles. The zero-order chi connectivity index (χ0) is 46.7. The predicted molar refractivity (Wildman–Crippen MR) is 250 cm³/mol. The van der Waals surface area contributed by atoms with Gasteiger partial charge in [0.2, 0.25) is 15.9 Å². The highest BCUT2D eigenvalue weighted by molar-refractivity contribution is 7.89. The molecule has 0 fully saturated rings. The minimum absolute atomic E-state index is 0.00133. The molecule has 0 spiro atoms. The van der Waals surface area contributed by atoms with E-state index in [4.69, 9.17) is 19.3 Å². The first-order valence-electron chi connectivity index (χ1n) is 21.7. The second-order valence-corrected chi connectivity index (χ2v) is 30.9. The van der Waals surface area contributed by atoms with E-state index in [9.17, 15) is 18.0 Å². The van der Waals surface area contributed by atoms with Crippen LogP contribution in [0.1, 0.15) is 103 Å². The Morgan fingerprint density at radius 2 is 1.27 bits per heavy atom. The topological polar surface area (TPSA) is 128 Å². The van der Waals surface area contributed by atoms with Crippen LogP contribution in [0.15, 0.2) is 89.8 Å². The maximum absolute atomic E-state index is 16.5. The Kier molecular flexibility index (Phi) is 18.9. The van der Waals surface area contributed by atoms with E-state index in [2.05, 4.69) is 54.6 Å². The van der Waals surface area contributed by atoms with Crippen molar-refractivity contribution in [2.75, 3.05) is 26.8 Å². The molecule has 0 bridgehead atoms. The van der Waals surface area contributed by atoms with Gasteiger partial charge in [0.05, 0.1) is 37.8 Å². The maximum Gasteiger partial charge on any atom is 0.416 e. The van der Waals surface area contributed by atoms with Crippen molar-refractivity contribution in [3.63, 3.8) is 0 Å². The number of unbranched alkanes of at least 4 members (excludes halogenated alkanes) is 2. The summed E-state index contributed by atoms with van der Waals surface area (Å²) in [6.07, 6.45) is -0.408. The largest absolute Gasteiger partial charge is 0.452 e. The van der Waals surface area contributed by atoms with Crippen LogP contribution in [0.2, 0.25) is 36.3 Å². The third-order valence-electron chi connectivity index (χ3n) is 12.6. The van der Waals surface area contributed by atoms with E-state index in [0.29, 0.717) is 29.1 Å². The van der Waals surface area contributed by atoms with Gasteiger partial charge in [-0.05, 0) is 77.9 Å². The van der Waals surface area contributed by atoms with Crippen molar-refractivity contribution in [1.29, 1.82) is 0 Å². The van der Waals surface area contributed by atoms with E-state index in [-0.39, 0.29) is 34.5 Å². The van der Waals surface area contributed by atoms with Crippen molar-refractivity contribution < 1.29 is 40.4 Å². The zero-order valence-electron chi connectivity index (χ0n) is 39.2. The predicted octanol–water partition coefficient (Wildman–Crippen LogP) is 10.9. The summed E-state index contributed by atoms with van der Waals surface area (Å²) >= 11 is 0. The monoisotopic (exact) mass is 917 g/mol. The molecule has 0 saturated heterocycles. The molecular weight excluding hydrogens is 845 g/mol. The molecule has 2 atom stereocenters. The van der Waals surface area contributed by atoms with Gasteiger partial charge in [0.15, 0.2) is 16.6 Å². The summed E-state index contributed by atoms with van der Waals surface area (Å²) in [6, 6.07) is 22.0. The molecule has 2 amide bonds. The van der Waals surface area contributed by atoms with Crippen LogP contribution in [0.25, 0.3) is 0 Å². The molecule has 3 aromatic carbocycles. The smallest absolute Gasteiger partial charge is 0.416 e. The highest BCUT2D eigenvalue weighted by Crippen LogP contribution is 2.39. The van der Waals surface area contributed by atoms with E-state index in [1.807, 2.05) is 32.2 Å². The second kappa shape index (κ2) is 22.0. The van der Waals surface area contributed by atoms with Crippen molar-refractivity contribution in [2.24, 2.45) is 5.73 Å². The van der Waals surface area contributed by atoms with Crippen LogP contribution in [0, 0.1) is 0 Å². The number of rotatable bonds is 22. The van der Waals surface area contributed by atoms with E-state index in [1.54, 1.807) is 72.8 Å². The van der Waals surface area contributed by atoms with Gasteiger partial charge in [-0.3, -0.25) is 4.79 Å². The van der Waals surface area contributed by atoms with Crippen LogP contribution < -0.4 is 5.73 Å². The third kappa shape index (κ3) is 14.3. The molecule has 62 heavy (non-hydrogen) atoms. The Labute approximate surface area is 373 Å². The highest BCUT2D eigenvalue weighted by Gasteiger charge is 2.44. The van der Waals surface area contributed by atoms with Crippen LogP contribution in [-0.4, -0.2) is 91.1 Å². The van der Waals surface area contributed by atoms with E-state index < -0.39 is 75.5 Å². The number of halogens is 2. The van der Waals surface area contributed by atoms with Crippen molar-refractivity contribution >= 4 is 38.7 Å². The van der Waals surface area contributed by atoms with Gasteiger partial charge in [-0.15, -0.1) is 0 Å². The van der Waals surface area contributed by atoms with Crippen molar-refractivity contribution in [3.8, 4) is 0 Å². The maximum atomic E-state index is 16.5. The number of sulfonamides is 1.